The first-order valence-corrected chi connectivity index (χ1v) is 11.9. The van der Waals surface area contributed by atoms with Crippen LogP contribution >= 0.6 is 23.2 Å². The van der Waals surface area contributed by atoms with E-state index in [9.17, 15) is 9.59 Å². The molecule has 6 nitrogen and oxygen atoms in total. The number of likely N-dealkylation sites (tertiary alicyclic amines) is 1. The molecule has 1 saturated carbocycles. The van der Waals surface area contributed by atoms with Gasteiger partial charge in [-0.3, -0.25) is 4.79 Å². The van der Waals surface area contributed by atoms with Crippen LogP contribution in [-0.4, -0.2) is 43.0 Å². The van der Waals surface area contributed by atoms with Gasteiger partial charge in [0.1, 0.15) is 0 Å². The molecule has 0 bridgehead atoms. The fraction of sp³-hybridized carbons (Fsp3) is 0.417. The van der Waals surface area contributed by atoms with Crippen LogP contribution in [0.5, 0.6) is 0 Å². The van der Waals surface area contributed by atoms with Gasteiger partial charge in [0.05, 0.1) is 22.3 Å². The molecule has 0 aromatic heterocycles. The van der Waals surface area contributed by atoms with E-state index in [1.165, 1.54) is 18.4 Å². The molecule has 170 valence electrons. The number of piperidine rings is 1. The molecular weight excluding hydrogens is 447 g/mol. The number of amides is 3. The van der Waals surface area contributed by atoms with Crippen LogP contribution in [0.2, 0.25) is 10.0 Å². The smallest absolute Gasteiger partial charge is 0.321 e. The van der Waals surface area contributed by atoms with Crippen LogP contribution in [0.1, 0.15) is 37.2 Å². The average Bonchev–Trinajstić information content (AvgIpc) is 3.61. The maximum absolute atomic E-state index is 12.6. The second-order valence-electron chi connectivity index (χ2n) is 8.53. The normalized spacial score (nSPS) is 16.6. The molecule has 1 aliphatic carbocycles. The van der Waals surface area contributed by atoms with Gasteiger partial charge in [-0.15, -0.1) is 0 Å². The van der Waals surface area contributed by atoms with Gasteiger partial charge in [-0.25, -0.2) is 4.79 Å². The maximum Gasteiger partial charge on any atom is 0.321 e. The van der Waals surface area contributed by atoms with E-state index in [1.54, 1.807) is 23.1 Å². The lowest BCUT2D eigenvalue weighted by Crippen LogP contribution is -2.40. The second-order valence-corrected chi connectivity index (χ2v) is 9.35. The van der Waals surface area contributed by atoms with E-state index in [-0.39, 0.29) is 11.9 Å². The number of carbonyl (C=O) groups is 2. The molecular formula is C24H28Cl2N4O2. The molecule has 2 aromatic carbocycles. The van der Waals surface area contributed by atoms with Crippen molar-refractivity contribution in [1.82, 2.24) is 10.2 Å². The number of halogens is 2. The van der Waals surface area contributed by atoms with E-state index >= 15 is 0 Å². The van der Waals surface area contributed by atoms with Crippen molar-refractivity contribution in [3.8, 4) is 0 Å². The molecule has 2 aliphatic rings. The minimum Gasteiger partial charge on any atom is -0.325 e. The number of nitrogens with zero attached hydrogens (tertiary/aromatic N) is 1. The first kappa shape index (κ1) is 22.9. The Labute approximate surface area is 198 Å². The first-order valence-electron chi connectivity index (χ1n) is 11.1. The van der Waals surface area contributed by atoms with Crippen molar-refractivity contribution in [2.45, 2.75) is 31.6 Å². The third-order valence-electron chi connectivity index (χ3n) is 6.06. The van der Waals surface area contributed by atoms with Crippen LogP contribution < -0.4 is 16.0 Å². The van der Waals surface area contributed by atoms with E-state index < -0.39 is 0 Å². The van der Waals surface area contributed by atoms with Crippen molar-refractivity contribution in [3.05, 3.63) is 58.1 Å². The zero-order valence-electron chi connectivity index (χ0n) is 17.9. The monoisotopic (exact) mass is 474 g/mol. The Hall–Kier alpha value is -2.28. The number of hydrogen-bond donors (Lipinski definition) is 3. The van der Waals surface area contributed by atoms with Gasteiger partial charge in [0.15, 0.2) is 0 Å². The fourth-order valence-electron chi connectivity index (χ4n) is 3.97. The summed E-state index contributed by atoms with van der Waals surface area (Å²) in [7, 11) is 0. The van der Waals surface area contributed by atoms with Gasteiger partial charge in [-0.1, -0.05) is 41.4 Å². The first-order chi connectivity index (χ1) is 15.5. The summed E-state index contributed by atoms with van der Waals surface area (Å²) in [4.78, 5) is 26.5. The molecule has 1 saturated heterocycles. The number of rotatable bonds is 7. The van der Waals surface area contributed by atoms with Crippen molar-refractivity contribution in [3.63, 3.8) is 0 Å². The zero-order chi connectivity index (χ0) is 22.5. The molecule has 2 aromatic rings. The highest BCUT2D eigenvalue weighted by Crippen LogP contribution is 2.32. The van der Waals surface area contributed by atoms with Crippen LogP contribution in [0.15, 0.2) is 42.5 Å². The fourth-order valence-corrected chi connectivity index (χ4v) is 4.47. The molecule has 0 spiro atoms. The number of hydrogen-bond acceptors (Lipinski definition) is 3. The van der Waals surface area contributed by atoms with Crippen LogP contribution in [-0.2, 0) is 4.79 Å². The summed E-state index contributed by atoms with van der Waals surface area (Å²) in [6.45, 7) is 2.58. The standard InChI is InChI=1S/C24H28Cl2N4O2/c25-20-2-1-3-21(26)23(20)29-24(32)30-12-10-18(11-13-30)17-6-8-19(9-7-17)28-22(31)15-27-14-16-4-5-16/h1-3,6-9,16,18,27H,4-5,10-15H2,(H,28,31)(H,29,32). The number of carbonyl (C=O) groups excluding carboxylic acids is 2. The molecule has 32 heavy (non-hydrogen) atoms. The molecule has 1 heterocycles. The summed E-state index contributed by atoms with van der Waals surface area (Å²) in [6.07, 6.45) is 4.30. The minimum absolute atomic E-state index is 0.0173. The van der Waals surface area contributed by atoms with E-state index in [0.717, 1.165) is 31.0 Å². The topological polar surface area (TPSA) is 73.5 Å². The Kier molecular flexibility index (Phi) is 7.55. The number of urea groups is 1. The second kappa shape index (κ2) is 10.6. The van der Waals surface area contributed by atoms with Gasteiger partial charge in [-0.2, -0.15) is 0 Å². The van der Waals surface area contributed by atoms with Crippen molar-refractivity contribution >= 4 is 46.5 Å². The maximum atomic E-state index is 12.6. The van der Waals surface area contributed by atoms with Gasteiger partial charge < -0.3 is 20.9 Å². The number of anilines is 2. The molecule has 2 fully saturated rings. The van der Waals surface area contributed by atoms with Gasteiger partial charge in [0.2, 0.25) is 5.91 Å². The Morgan fingerprint density at radius 1 is 0.906 bits per heavy atom. The summed E-state index contributed by atoms with van der Waals surface area (Å²) >= 11 is 12.3. The Morgan fingerprint density at radius 3 is 2.19 bits per heavy atom. The molecule has 4 rings (SSSR count). The highest BCUT2D eigenvalue weighted by Gasteiger charge is 2.25. The van der Waals surface area contributed by atoms with Gasteiger partial charge in [0, 0.05) is 18.8 Å². The Balaban J connectivity index is 1.23. The van der Waals surface area contributed by atoms with Gasteiger partial charge in [-0.05, 0) is 73.9 Å². The molecule has 8 heteroatoms. The predicted molar refractivity (Wildman–Crippen MR) is 130 cm³/mol. The SMILES string of the molecule is O=C(CNCC1CC1)Nc1ccc(C2CCN(C(=O)Nc3c(Cl)cccc3Cl)CC2)cc1. The molecule has 0 atom stereocenters. The zero-order valence-corrected chi connectivity index (χ0v) is 19.4. The average molecular weight is 475 g/mol. The summed E-state index contributed by atoms with van der Waals surface area (Å²) in [5.74, 6) is 1.12. The molecule has 0 radical (unpaired) electrons. The van der Waals surface area contributed by atoms with E-state index in [4.69, 9.17) is 23.2 Å². The summed E-state index contributed by atoms with van der Waals surface area (Å²) < 4.78 is 0. The van der Waals surface area contributed by atoms with Gasteiger partial charge in [0.25, 0.3) is 0 Å². The van der Waals surface area contributed by atoms with Gasteiger partial charge >= 0.3 is 6.03 Å². The lowest BCUT2D eigenvalue weighted by molar-refractivity contribution is -0.115. The number of para-hydroxylation sites is 1. The molecule has 0 unspecified atom stereocenters. The van der Waals surface area contributed by atoms with Crippen LogP contribution in [0.3, 0.4) is 0 Å². The van der Waals surface area contributed by atoms with E-state index in [0.29, 0.717) is 41.3 Å². The molecule has 3 N–H and O–H groups in total. The summed E-state index contributed by atoms with van der Waals surface area (Å²) in [6, 6.07) is 13.0. The summed E-state index contributed by atoms with van der Waals surface area (Å²) in [5.41, 5.74) is 2.48. The van der Waals surface area contributed by atoms with Crippen molar-refractivity contribution in [2.75, 3.05) is 36.8 Å². The van der Waals surface area contributed by atoms with Crippen LogP contribution in [0.4, 0.5) is 16.2 Å². The number of nitrogens with one attached hydrogen (secondary N) is 3. The largest absolute Gasteiger partial charge is 0.325 e. The quantitative estimate of drug-likeness (QED) is 0.506. The Bertz CT molecular complexity index is 935. The van der Waals surface area contributed by atoms with Crippen molar-refractivity contribution < 1.29 is 9.59 Å². The van der Waals surface area contributed by atoms with Crippen molar-refractivity contribution in [2.24, 2.45) is 5.92 Å². The summed E-state index contributed by atoms with van der Waals surface area (Å²) in [5, 5.41) is 9.81. The lowest BCUT2D eigenvalue weighted by atomic mass is 9.89. The Morgan fingerprint density at radius 2 is 1.56 bits per heavy atom. The van der Waals surface area contributed by atoms with E-state index in [1.807, 2.05) is 12.1 Å². The highest BCUT2D eigenvalue weighted by molar-refractivity contribution is 6.39. The predicted octanol–water partition coefficient (Wildman–Crippen LogP) is 5.34. The highest BCUT2D eigenvalue weighted by atomic mass is 35.5. The third kappa shape index (κ3) is 6.15. The minimum atomic E-state index is -0.188. The lowest BCUT2D eigenvalue weighted by Gasteiger charge is -2.32. The van der Waals surface area contributed by atoms with E-state index in [2.05, 4.69) is 28.1 Å². The number of benzene rings is 2. The molecule has 1 aliphatic heterocycles. The van der Waals surface area contributed by atoms with Crippen LogP contribution in [0.25, 0.3) is 0 Å². The van der Waals surface area contributed by atoms with Crippen molar-refractivity contribution in [1.29, 1.82) is 0 Å². The third-order valence-corrected chi connectivity index (χ3v) is 6.69. The molecule has 3 amide bonds. The van der Waals surface area contributed by atoms with Crippen LogP contribution in [0, 0.1) is 5.92 Å².